The summed E-state index contributed by atoms with van der Waals surface area (Å²) in [5.74, 6) is 1.01. The largest absolute Gasteiger partial charge is 0.356 e. The molecule has 0 aliphatic heterocycles. The van der Waals surface area contributed by atoms with E-state index in [4.69, 9.17) is 0 Å². The maximum atomic E-state index is 4.59. The molecule has 2 rings (SSSR count). The molecule has 0 aliphatic carbocycles. The number of anilines is 1. The molecule has 4 heteroatoms. The second-order valence-electron chi connectivity index (χ2n) is 5.08. The minimum atomic E-state index is 0.430. The highest BCUT2D eigenvalue weighted by atomic mass is 32.1. The summed E-state index contributed by atoms with van der Waals surface area (Å²) in [7, 11) is 0. The van der Waals surface area contributed by atoms with Crippen LogP contribution in [0.25, 0.3) is 0 Å². The quantitative estimate of drug-likeness (QED) is 0.766. The van der Waals surface area contributed by atoms with Crippen LogP contribution in [-0.4, -0.2) is 16.1 Å². The summed E-state index contributed by atoms with van der Waals surface area (Å²) in [5.41, 5.74) is 2.49. The Labute approximate surface area is 119 Å². The third kappa shape index (κ3) is 3.83. The summed E-state index contributed by atoms with van der Waals surface area (Å²) < 4.78 is 2.27. The van der Waals surface area contributed by atoms with E-state index in [1.54, 1.807) is 11.3 Å². The molecule has 0 spiro atoms. The van der Waals surface area contributed by atoms with Crippen LogP contribution in [-0.2, 0) is 6.42 Å². The first-order valence-corrected chi connectivity index (χ1v) is 7.95. The van der Waals surface area contributed by atoms with Gasteiger partial charge >= 0.3 is 0 Å². The Morgan fingerprint density at radius 3 is 3.00 bits per heavy atom. The van der Waals surface area contributed by atoms with Gasteiger partial charge in [-0.15, -0.1) is 0 Å². The van der Waals surface area contributed by atoms with Crippen LogP contribution in [0.4, 0.5) is 5.95 Å². The summed E-state index contributed by atoms with van der Waals surface area (Å²) in [5, 5.41) is 7.82. The molecule has 0 radical (unpaired) electrons. The van der Waals surface area contributed by atoms with Gasteiger partial charge in [0.25, 0.3) is 0 Å². The van der Waals surface area contributed by atoms with Crippen molar-refractivity contribution in [2.45, 2.75) is 46.1 Å². The average Bonchev–Trinajstić information content (AvgIpc) is 2.99. The molecular formula is C15H23N3S. The van der Waals surface area contributed by atoms with E-state index >= 15 is 0 Å². The SMILES string of the molecule is CCCCNc1nc(C)cn1C(C)Cc1ccsc1. The second-order valence-corrected chi connectivity index (χ2v) is 5.86. The van der Waals surface area contributed by atoms with Gasteiger partial charge in [-0.1, -0.05) is 13.3 Å². The molecule has 0 amide bonds. The van der Waals surface area contributed by atoms with Gasteiger partial charge < -0.3 is 9.88 Å². The van der Waals surface area contributed by atoms with Crippen LogP contribution in [0.1, 0.15) is 44.0 Å². The Morgan fingerprint density at radius 1 is 1.47 bits per heavy atom. The van der Waals surface area contributed by atoms with Crippen molar-refractivity contribution in [3.8, 4) is 0 Å². The molecule has 19 heavy (non-hydrogen) atoms. The van der Waals surface area contributed by atoms with Gasteiger partial charge in [0.05, 0.1) is 5.69 Å². The lowest BCUT2D eigenvalue weighted by atomic mass is 10.1. The van der Waals surface area contributed by atoms with E-state index in [1.165, 1.54) is 18.4 Å². The maximum absolute atomic E-state index is 4.59. The second kappa shape index (κ2) is 6.75. The number of rotatable bonds is 7. The van der Waals surface area contributed by atoms with Gasteiger partial charge in [-0.25, -0.2) is 4.98 Å². The zero-order valence-corrected chi connectivity index (χ0v) is 12.8. The topological polar surface area (TPSA) is 29.9 Å². The summed E-state index contributed by atoms with van der Waals surface area (Å²) in [4.78, 5) is 4.59. The van der Waals surface area contributed by atoms with Crippen LogP contribution >= 0.6 is 11.3 Å². The minimum Gasteiger partial charge on any atom is -0.356 e. The van der Waals surface area contributed by atoms with Crippen molar-refractivity contribution in [3.63, 3.8) is 0 Å². The number of nitrogens with zero attached hydrogens (tertiary/aromatic N) is 2. The number of hydrogen-bond donors (Lipinski definition) is 1. The first-order chi connectivity index (χ1) is 9.20. The lowest BCUT2D eigenvalue weighted by Gasteiger charge is -2.16. The minimum absolute atomic E-state index is 0.430. The Kier molecular flexibility index (Phi) is 5.02. The van der Waals surface area contributed by atoms with Crippen molar-refractivity contribution < 1.29 is 0 Å². The van der Waals surface area contributed by atoms with Gasteiger partial charge in [0, 0.05) is 18.8 Å². The normalized spacial score (nSPS) is 12.6. The third-order valence-electron chi connectivity index (χ3n) is 3.25. The highest BCUT2D eigenvalue weighted by Crippen LogP contribution is 2.21. The zero-order valence-electron chi connectivity index (χ0n) is 12.0. The van der Waals surface area contributed by atoms with Crippen molar-refractivity contribution in [1.29, 1.82) is 0 Å². The van der Waals surface area contributed by atoms with Gasteiger partial charge in [-0.05, 0) is 49.1 Å². The van der Waals surface area contributed by atoms with Gasteiger partial charge in [0.1, 0.15) is 0 Å². The summed E-state index contributed by atoms with van der Waals surface area (Å²) >= 11 is 1.76. The van der Waals surface area contributed by atoms with E-state index in [1.807, 2.05) is 0 Å². The lowest BCUT2D eigenvalue weighted by Crippen LogP contribution is -2.13. The van der Waals surface area contributed by atoms with Crippen molar-refractivity contribution in [2.75, 3.05) is 11.9 Å². The molecule has 3 nitrogen and oxygen atoms in total. The van der Waals surface area contributed by atoms with E-state index < -0.39 is 0 Å². The van der Waals surface area contributed by atoms with Crippen LogP contribution in [0, 0.1) is 6.92 Å². The van der Waals surface area contributed by atoms with Gasteiger partial charge in [-0.3, -0.25) is 0 Å². The Balaban J connectivity index is 2.05. The summed E-state index contributed by atoms with van der Waals surface area (Å²) in [6.45, 7) is 7.51. The number of nitrogens with one attached hydrogen (secondary N) is 1. The fourth-order valence-electron chi connectivity index (χ4n) is 2.21. The molecule has 2 aromatic rings. The monoisotopic (exact) mass is 277 g/mol. The first-order valence-electron chi connectivity index (χ1n) is 7.01. The van der Waals surface area contributed by atoms with Gasteiger partial charge in [0.2, 0.25) is 5.95 Å². The summed E-state index contributed by atoms with van der Waals surface area (Å²) in [6.07, 6.45) is 5.59. The Bertz CT molecular complexity index is 487. The predicted molar refractivity (Wildman–Crippen MR) is 83.1 cm³/mol. The van der Waals surface area contributed by atoms with E-state index in [9.17, 15) is 0 Å². The number of imidazole rings is 1. The van der Waals surface area contributed by atoms with Crippen LogP contribution in [0.2, 0.25) is 0 Å². The van der Waals surface area contributed by atoms with Crippen molar-refractivity contribution >= 4 is 17.3 Å². The zero-order chi connectivity index (χ0) is 13.7. The molecule has 104 valence electrons. The molecule has 1 N–H and O–H groups in total. The highest BCUT2D eigenvalue weighted by molar-refractivity contribution is 7.07. The van der Waals surface area contributed by atoms with E-state index in [-0.39, 0.29) is 0 Å². The molecule has 0 fully saturated rings. The van der Waals surface area contributed by atoms with E-state index in [2.05, 4.69) is 58.7 Å². The molecule has 1 unspecified atom stereocenters. The molecule has 2 aromatic heterocycles. The molecule has 0 saturated carbocycles. The van der Waals surface area contributed by atoms with E-state index in [0.29, 0.717) is 6.04 Å². The van der Waals surface area contributed by atoms with Crippen LogP contribution in [0.15, 0.2) is 23.0 Å². The standard InChI is InChI=1S/C15H23N3S/c1-4-5-7-16-15-17-12(2)10-18(15)13(3)9-14-6-8-19-11-14/h6,8,10-11,13H,4-5,7,9H2,1-3H3,(H,16,17). The average molecular weight is 277 g/mol. The number of aryl methyl sites for hydroxylation is 1. The molecule has 1 atom stereocenters. The van der Waals surface area contributed by atoms with Crippen molar-refractivity contribution in [3.05, 3.63) is 34.3 Å². The van der Waals surface area contributed by atoms with Gasteiger partial charge in [-0.2, -0.15) is 11.3 Å². The predicted octanol–water partition coefficient (Wildman–Crippen LogP) is 4.27. The molecule has 0 aromatic carbocycles. The fraction of sp³-hybridized carbons (Fsp3) is 0.533. The number of aromatic nitrogens is 2. The Morgan fingerprint density at radius 2 is 2.32 bits per heavy atom. The molecule has 0 aliphatic rings. The maximum Gasteiger partial charge on any atom is 0.203 e. The number of unbranched alkanes of at least 4 members (excludes halogenated alkanes) is 1. The molecular weight excluding hydrogens is 254 g/mol. The molecule has 2 heterocycles. The van der Waals surface area contributed by atoms with E-state index in [0.717, 1.165) is 24.6 Å². The first kappa shape index (κ1) is 14.1. The van der Waals surface area contributed by atoms with Crippen molar-refractivity contribution in [2.24, 2.45) is 0 Å². The smallest absolute Gasteiger partial charge is 0.203 e. The third-order valence-corrected chi connectivity index (χ3v) is 3.98. The number of thiophene rings is 1. The van der Waals surface area contributed by atoms with Gasteiger partial charge in [0.15, 0.2) is 0 Å². The van der Waals surface area contributed by atoms with Crippen LogP contribution < -0.4 is 5.32 Å². The number of hydrogen-bond acceptors (Lipinski definition) is 3. The Hall–Kier alpha value is -1.29. The van der Waals surface area contributed by atoms with Crippen LogP contribution in [0.3, 0.4) is 0 Å². The van der Waals surface area contributed by atoms with Crippen LogP contribution in [0.5, 0.6) is 0 Å². The highest BCUT2D eigenvalue weighted by Gasteiger charge is 2.12. The van der Waals surface area contributed by atoms with Crippen molar-refractivity contribution in [1.82, 2.24) is 9.55 Å². The fourth-order valence-corrected chi connectivity index (χ4v) is 2.89. The lowest BCUT2D eigenvalue weighted by molar-refractivity contribution is 0.549. The molecule has 0 bridgehead atoms. The molecule has 0 saturated heterocycles. The summed E-state index contributed by atoms with van der Waals surface area (Å²) in [6, 6.07) is 2.63.